The summed E-state index contributed by atoms with van der Waals surface area (Å²) < 4.78 is 1.90. The SMILES string of the molecule is CCC1CNC(C2CC2)CN1Cc1ccn(C)n1. The van der Waals surface area contributed by atoms with Crippen LogP contribution in [0.1, 0.15) is 31.9 Å². The second-order valence-electron chi connectivity index (χ2n) is 5.82. The van der Waals surface area contributed by atoms with E-state index in [1.165, 1.54) is 31.5 Å². The lowest BCUT2D eigenvalue weighted by Crippen LogP contribution is -2.56. The highest BCUT2D eigenvalue weighted by Crippen LogP contribution is 2.34. The van der Waals surface area contributed by atoms with Crippen LogP contribution in [0.25, 0.3) is 0 Å². The fourth-order valence-electron chi connectivity index (χ4n) is 3.05. The molecule has 18 heavy (non-hydrogen) atoms. The van der Waals surface area contributed by atoms with Crippen molar-refractivity contribution < 1.29 is 0 Å². The van der Waals surface area contributed by atoms with Crippen molar-refractivity contribution in [2.45, 2.75) is 44.8 Å². The third-order valence-electron chi connectivity index (χ3n) is 4.36. The summed E-state index contributed by atoms with van der Waals surface area (Å²) in [5, 5.41) is 8.25. The van der Waals surface area contributed by atoms with Crippen LogP contribution in [0.4, 0.5) is 0 Å². The van der Waals surface area contributed by atoms with E-state index in [0.29, 0.717) is 6.04 Å². The molecular formula is C14H24N4. The normalized spacial score (nSPS) is 29.7. The van der Waals surface area contributed by atoms with Crippen LogP contribution in [-0.2, 0) is 13.6 Å². The lowest BCUT2D eigenvalue weighted by atomic mass is 10.0. The van der Waals surface area contributed by atoms with Crippen LogP contribution in [0, 0.1) is 5.92 Å². The summed E-state index contributed by atoms with van der Waals surface area (Å²) >= 11 is 0. The fraction of sp³-hybridized carbons (Fsp3) is 0.786. The third-order valence-corrected chi connectivity index (χ3v) is 4.36. The molecular weight excluding hydrogens is 224 g/mol. The van der Waals surface area contributed by atoms with Crippen LogP contribution in [-0.4, -0.2) is 39.9 Å². The molecule has 0 spiro atoms. The van der Waals surface area contributed by atoms with E-state index >= 15 is 0 Å². The van der Waals surface area contributed by atoms with Gasteiger partial charge in [0, 0.05) is 45.0 Å². The van der Waals surface area contributed by atoms with Crippen LogP contribution in [0.15, 0.2) is 12.3 Å². The number of rotatable bonds is 4. The molecule has 1 saturated heterocycles. The molecule has 3 rings (SSSR count). The molecule has 1 saturated carbocycles. The molecule has 1 aromatic heterocycles. The Kier molecular flexibility index (Phi) is 3.39. The Morgan fingerprint density at radius 1 is 1.44 bits per heavy atom. The monoisotopic (exact) mass is 248 g/mol. The molecule has 0 bridgehead atoms. The summed E-state index contributed by atoms with van der Waals surface area (Å²) in [5.74, 6) is 0.939. The van der Waals surface area contributed by atoms with E-state index in [1.54, 1.807) is 0 Å². The van der Waals surface area contributed by atoms with Crippen LogP contribution in [0.5, 0.6) is 0 Å². The van der Waals surface area contributed by atoms with Crippen LogP contribution >= 0.6 is 0 Å². The molecule has 4 heteroatoms. The smallest absolute Gasteiger partial charge is 0.0764 e. The van der Waals surface area contributed by atoms with Gasteiger partial charge in [0.2, 0.25) is 0 Å². The zero-order valence-corrected chi connectivity index (χ0v) is 11.5. The van der Waals surface area contributed by atoms with E-state index in [1.807, 2.05) is 17.9 Å². The van der Waals surface area contributed by atoms with E-state index in [-0.39, 0.29) is 0 Å². The number of nitrogens with one attached hydrogen (secondary N) is 1. The summed E-state index contributed by atoms with van der Waals surface area (Å²) in [5.41, 5.74) is 1.20. The number of nitrogens with zero attached hydrogens (tertiary/aromatic N) is 3. The van der Waals surface area contributed by atoms with Gasteiger partial charge in [-0.3, -0.25) is 9.58 Å². The molecule has 1 aliphatic carbocycles. The molecule has 1 aliphatic heterocycles. The molecule has 2 fully saturated rings. The highest BCUT2D eigenvalue weighted by Gasteiger charge is 2.36. The highest BCUT2D eigenvalue weighted by atomic mass is 15.3. The average Bonchev–Trinajstić information content (AvgIpc) is 3.14. The molecule has 0 amide bonds. The van der Waals surface area contributed by atoms with Crippen molar-refractivity contribution >= 4 is 0 Å². The third kappa shape index (κ3) is 2.59. The van der Waals surface area contributed by atoms with Crippen molar-refractivity contribution in [3.63, 3.8) is 0 Å². The van der Waals surface area contributed by atoms with E-state index < -0.39 is 0 Å². The second kappa shape index (κ2) is 5.02. The van der Waals surface area contributed by atoms with E-state index in [0.717, 1.165) is 25.0 Å². The van der Waals surface area contributed by atoms with Gasteiger partial charge in [0.1, 0.15) is 0 Å². The van der Waals surface area contributed by atoms with Gasteiger partial charge in [-0.2, -0.15) is 5.10 Å². The predicted octanol–water partition coefficient (Wildman–Crippen LogP) is 1.38. The van der Waals surface area contributed by atoms with Gasteiger partial charge in [0.05, 0.1) is 5.69 Å². The Balaban J connectivity index is 1.65. The Labute approximate surface area is 109 Å². The first-order valence-electron chi connectivity index (χ1n) is 7.22. The van der Waals surface area contributed by atoms with Gasteiger partial charge in [0.15, 0.2) is 0 Å². The molecule has 0 radical (unpaired) electrons. The standard InChI is InChI=1S/C14H24N4/c1-3-13-8-15-14(11-4-5-11)10-18(13)9-12-6-7-17(2)16-12/h6-7,11,13-15H,3-5,8-10H2,1-2H3. The van der Waals surface area contributed by atoms with Crippen LogP contribution in [0.2, 0.25) is 0 Å². The van der Waals surface area contributed by atoms with Gasteiger partial charge >= 0.3 is 0 Å². The van der Waals surface area contributed by atoms with Gasteiger partial charge < -0.3 is 5.32 Å². The van der Waals surface area contributed by atoms with Crippen LogP contribution < -0.4 is 5.32 Å². The van der Waals surface area contributed by atoms with Crippen molar-refractivity contribution in [2.24, 2.45) is 13.0 Å². The van der Waals surface area contributed by atoms with Gasteiger partial charge in [-0.05, 0) is 31.2 Å². The maximum absolute atomic E-state index is 4.51. The molecule has 2 heterocycles. The molecule has 2 atom stereocenters. The van der Waals surface area contributed by atoms with Crippen molar-refractivity contribution in [2.75, 3.05) is 13.1 Å². The molecule has 100 valence electrons. The van der Waals surface area contributed by atoms with Crippen molar-refractivity contribution in [1.82, 2.24) is 20.0 Å². The van der Waals surface area contributed by atoms with Crippen LogP contribution in [0.3, 0.4) is 0 Å². The number of piperazine rings is 1. The minimum atomic E-state index is 0.669. The quantitative estimate of drug-likeness (QED) is 0.874. The fourth-order valence-corrected chi connectivity index (χ4v) is 3.05. The highest BCUT2D eigenvalue weighted by molar-refractivity contribution is 5.01. The molecule has 1 aromatic rings. The molecule has 2 unspecified atom stereocenters. The lowest BCUT2D eigenvalue weighted by molar-refractivity contribution is 0.110. The topological polar surface area (TPSA) is 33.1 Å². The Bertz CT molecular complexity index is 396. The van der Waals surface area contributed by atoms with Gasteiger partial charge in [-0.15, -0.1) is 0 Å². The first kappa shape index (κ1) is 12.2. The largest absolute Gasteiger partial charge is 0.311 e. The van der Waals surface area contributed by atoms with Gasteiger partial charge in [-0.1, -0.05) is 6.92 Å². The first-order valence-corrected chi connectivity index (χ1v) is 7.22. The summed E-state index contributed by atoms with van der Waals surface area (Å²) in [7, 11) is 1.99. The zero-order chi connectivity index (χ0) is 12.5. The number of hydrogen-bond acceptors (Lipinski definition) is 3. The first-order chi connectivity index (χ1) is 8.76. The summed E-state index contributed by atoms with van der Waals surface area (Å²) in [4.78, 5) is 2.63. The minimum Gasteiger partial charge on any atom is -0.311 e. The molecule has 1 N–H and O–H groups in total. The molecule has 0 aromatic carbocycles. The maximum atomic E-state index is 4.51. The van der Waals surface area contributed by atoms with Crippen molar-refractivity contribution in [3.8, 4) is 0 Å². The van der Waals surface area contributed by atoms with E-state index in [4.69, 9.17) is 0 Å². The Hall–Kier alpha value is -0.870. The number of aromatic nitrogens is 2. The minimum absolute atomic E-state index is 0.669. The predicted molar refractivity (Wildman–Crippen MR) is 72.2 cm³/mol. The van der Waals surface area contributed by atoms with Gasteiger partial charge in [-0.25, -0.2) is 0 Å². The summed E-state index contributed by atoms with van der Waals surface area (Å²) in [6.45, 7) is 5.63. The zero-order valence-electron chi connectivity index (χ0n) is 11.5. The van der Waals surface area contributed by atoms with Crippen molar-refractivity contribution in [1.29, 1.82) is 0 Å². The van der Waals surface area contributed by atoms with E-state index in [2.05, 4.69) is 28.3 Å². The number of hydrogen-bond donors (Lipinski definition) is 1. The summed E-state index contributed by atoms with van der Waals surface area (Å²) in [6, 6.07) is 3.53. The second-order valence-corrected chi connectivity index (χ2v) is 5.82. The average molecular weight is 248 g/mol. The summed E-state index contributed by atoms with van der Waals surface area (Å²) in [6.07, 6.45) is 6.10. The Morgan fingerprint density at radius 3 is 2.89 bits per heavy atom. The molecule has 2 aliphatic rings. The maximum Gasteiger partial charge on any atom is 0.0764 e. The van der Waals surface area contributed by atoms with E-state index in [9.17, 15) is 0 Å². The van der Waals surface area contributed by atoms with Crippen molar-refractivity contribution in [3.05, 3.63) is 18.0 Å². The van der Waals surface area contributed by atoms with Gasteiger partial charge in [0.25, 0.3) is 0 Å². The lowest BCUT2D eigenvalue weighted by Gasteiger charge is -2.40. The number of aryl methyl sites for hydroxylation is 1. The molecule has 4 nitrogen and oxygen atoms in total. The Morgan fingerprint density at radius 2 is 2.28 bits per heavy atom.